The number of carbonyl (C=O) groups is 2. The molecule has 0 radical (unpaired) electrons. The van der Waals surface area contributed by atoms with Crippen LogP contribution in [-0.4, -0.2) is 55.4 Å². The van der Waals surface area contributed by atoms with Crippen molar-refractivity contribution < 1.29 is 27.3 Å². The molecule has 10 nitrogen and oxygen atoms in total. The zero-order valence-corrected chi connectivity index (χ0v) is 23.2. The van der Waals surface area contributed by atoms with E-state index in [4.69, 9.17) is 0 Å². The van der Waals surface area contributed by atoms with E-state index in [0.717, 1.165) is 27.1 Å². The molecule has 0 bridgehead atoms. The summed E-state index contributed by atoms with van der Waals surface area (Å²) < 4.78 is 41.3. The summed E-state index contributed by atoms with van der Waals surface area (Å²) in [7, 11) is -4.12. The fraction of sp³-hybridized carbons (Fsp3) is 0.286. The first kappa shape index (κ1) is 30.2. The van der Waals surface area contributed by atoms with Crippen molar-refractivity contribution in [1.29, 1.82) is 0 Å². The Hall–Kier alpha value is -4.32. The lowest BCUT2D eigenvalue weighted by atomic mass is 10.0. The number of amides is 2. The van der Waals surface area contributed by atoms with Gasteiger partial charge in [0.05, 0.1) is 16.9 Å². The number of nitro groups is 1. The SMILES string of the molecule is CCNC(=O)[C@@H](Cc1ccccc1)N(Cc1ccccc1F)C(=O)CN(c1cc([N+](=O)[O-])ccc1C)S(C)(=O)=O. The molecule has 0 aliphatic rings. The number of aryl methyl sites for hydroxylation is 1. The molecule has 0 aromatic heterocycles. The van der Waals surface area contributed by atoms with Crippen LogP contribution in [0.1, 0.15) is 23.6 Å². The predicted octanol–water partition coefficient (Wildman–Crippen LogP) is 3.58. The molecule has 1 N–H and O–H groups in total. The highest BCUT2D eigenvalue weighted by Crippen LogP contribution is 2.28. The van der Waals surface area contributed by atoms with Gasteiger partial charge in [-0.2, -0.15) is 0 Å². The van der Waals surface area contributed by atoms with E-state index in [-0.39, 0.29) is 36.4 Å². The molecular weight excluding hydrogens is 539 g/mol. The number of halogens is 1. The molecule has 212 valence electrons. The zero-order valence-electron chi connectivity index (χ0n) is 22.4. The maximum absolute atomic E-state index is 14.7. The average Bonchev–Trinajstić information content (AvgIpc) is 2.90. The number of sulfonamides is 1. The lowest BCUT2D eigenvalue weighted by Crippen LogP contribution is -2.53. The highest BCUT2D eigenvalue weighted by molar-refractivity contribution is 7.92. The Morgan fingerprint density at radius 3 is 2.30 bits per heavy atom. The summed E-state index contributed by atoms with van der Waals surface area (Å²) in [5.74, 6) is -1.87. The number of hydrogen-bond donors (Lipinski definition) is 1. The predicted molar refractivity (Wildman–Crippen MR) is 150 cm³/mol. The van der Waals surface area contributed by atoms with Gasteiger partial charge in [0, 0.05) is 37.2 Å². The number of likely N-dealkylation sites (N-methyl/N-ethyl adjacent to an activating group) is 1. The van der Waals surface area contributed by atoms with E-state index in [1.54, 1.807) is 50.2 Å². The molecule has 0 spiro atoms. The van der Waals surface area contributed by atoms with Gasteiger partial charge >= 0.3 is 0 Å². The van der Waals surface area contributed by atoms with E-state index in [2.05, 4.69) is 5.32 Å². The van der Waals surface area contributed by atoms with Crippen LogP contribution in [0.2, 0.25) is 0 Å². The van der Waals surface area contributed by atoms with E-state index in [1.165, 1.54) is 30.3 Å². The van der Waals surface area contributed by atoms with Gasteiger partial charge < -0.3 is 10.2 Å². The normalized spacial score (nSPS) is 11.9. The maximum atomic E-state index is 14.7. The lowest BCUT2D eigenvalue weighted by Gasteiger charge is -2.33. The number of nitrogens with one attached hydrogen (secondary N) is 1. The monoisotopic (exact) mass is 570 g/mol. The van der Waals surface area contributed by atoms with Gasteiger partial charge in [-0.05, 0) is 31.0 Å². The number of hydrogen-bond acceptors (Lipinski definition) is 6. The van der Waals surface area contributed by atoms with E-state index < -0.39 is 45.2 Å². The molecule has 0 saturated carbocycles. The number of non-ortho nitro benzene ring substituents is 1. The molecule has 0 aliphatic heterocycles. The van der Waals surface area contributed by atoms with Crippen molar-refractivity contribution in [2.24, 2.45) is 0 Å². The highest BCUT2D eigenvalue weighted by Gasteiger charge is 2.34. The van der Waals surface area contributed by atoms with Gasteiger partial charge in [-0.1, -0.05) is 54.6 Å². The topological polar surface area (TPSA) is 130 Å². The molecule has 0 heterocycles. The molecule has 1 atom stereocenters. The van der Waals surface area contributed by atoms with Crippen LogP contribution in [0.25, 0.3) is 0 Å². The number of anilines is 1. The largest absolute Gasteiger partial charge is 0.355 e. The standard InChI is InChI=1S/C28H31FN4O6S/c1-4-30-28(35)26(16-21-10-6-5-7-11-21)31(18-22-12-8-9-13-24(22)29)27(34)19-32(40(3,38)39)25-17-23(33(36)37)15-14-20(25)2/h5-15,17,26H,4,16,18-19H2,1-3H3,(H,30,35)/t26-/m1/s1. The van der Waals surface area contributed by atoms with E-state index in [1.807, 2.05) is 0 Å². The quantitative estimate of drug-likeness (QED) is 0.262. The third-order valence-electron chi connectivity index (χ3n) is 6.27. The summed E-state index contributed by atoms with van der Waals surface area (Å²) in [6.45, 7) is 2.47. The molecule has 3 aromatic rings. The molecule has 40 heavy (non-hydrogen) atoms. The fourth-order valence-corrected chi connectivity index (χ4v) is 5.13. The van der Waals surface area contributed by atoms with Crippen molar-refractivity contribution in [2.75, 3.05) is 23.7 Å². The second-order valence-corrected chi connectivity index (χ2v) is 11.1. The van der Waals surface area contributed by atoms with Crippen LogP contribution in [0.15, 0.2) is 72.8 Å². The zero-order chi connectivity index (χ0) is 29.4. The summed E-state index contributed by atoms with van der Waals surface area (Å²) in [5, 5.41) is 14.1. The van der Waals surface area contributed by atoms with Crippen LogP contribution in [0.3, 0.4) is 0 Å². The lowest BCUT2D eigenvalue weighted by molar-refractivity contribution is -0.384. The molecule has 0 unspecified atom stereocenters. The molecule has 3 rings (SSSR count). The third kappa shape index (κ3) is 7.63. The summed E-state index contributed by atoms with van der Waals surface area (Å²) >= 11 is 0. The second-order valence-electron chi connectivity index (χ2n) is 9.21. The molecule has 0 saturated heterocycles. The van der Waals surface area contributed by atoms with Crippen LogP contribution < -0.4 is 9.62 Å². The first-order valence-corrected chi connectivity index (χ1v) is 14.3. The Morgan fingerprint density at radius 1 is 1.05 bits per heavy atom. The number of carbonyl (C=O) groups excluding carboxylic acids is 2. The molecular formula is C28H31FN4O6S. The minimum Gasteiger partial charge on any atom is -0.355 e. The molecule has 0 fully saturated rings. The van der Waals surface area contributed by atoms with E-state index >= 15 is 0 Å². The van der Waals surface area contributed by atoms with Gasteiger partial charge in [0.15, 0.2) is 0 Å². The Bertz CT molecular complexity index is 1480. The molecule has 0 aliphatic carbocycles. The Labute approximate surface area is 232 Å². The molecule has 3 aromatic carbocycles. The number of benzene rings is 3. The first-order chi connectivity index (χ1) is 18.9. The van der Waals surface area contributed by atoms with Gasteiger partial charge in [0.2, 0.25) is 21.8 Å². The fourth-order valence-electron chi connectivity index (χ4n) is 4.23. The van der Waals surface area contributed by atoms with Crippen molar-refractivity contribution in [3.05, 3.63) is 105 Å². The van der Waals surface area contributed by atoms with Gasteiger partial charge in [0.1, 0.15) is 18.4 Å². The van der Waals surface area contributed by atoms with Crippen LogP contribution in [0, 0.1) is 22.9 Å². The number of rotatable bonds is 12. The average molecular weight is 571 g/mol. The summed E-state index contributed by atoms with van der Waals surface area (Å²) in [6.07, 6.45) is 0.965. The minimum absolute atomic E-state index is 0.0477. The van der Waals surface area contributed by atoms with Crippen molar-refractivity contribution in [2.45, 2.75) is 32.9 Å². The van der Waals surface area contributed by atoms with Crippen LogP contribution in [-0.2, 0) is 32.6 Å². The summed E-state index contributed by atoms with van der Waals surface area (Å²) in [5.41, 5.74) is 0.854. The molecule has 12 heteroatoms. The second kappa shape index (κ2) is 13.2. The van der Waals surface area contributed by atoms with E-state index in [9.17, 15) is 32.5 Å². The Balaban J connectivity index is 2.10. The van der Waals surface area contributed by atoms with Gasteiger partial charge in [-0.15, -0.1) is 0 Å². The van der Waals surface area contributed by atoms with Gasteiger partial charge in [-0.3, -0.25) is 24.0 Å². The number of nitro benzene ring substituents is 1. The smallest absolute Gasteiger partial charge is 0.271 e. The summed E-state index contributed by atoms with van der Waals surface area (Å²) in [4.78, 5) is 39.1. The highest BCUT2D eigenvalue weighted by atomic mass is 32.2. The Morgan fingerprint density at radius 2 is 1.70 bits per heavy atom. The van der Waals surface area contributed by atoms with Gasteiger partial charge in [-0.25, -0.2) is 12.8 Å². The van der Waals surface area contributed by atoms with Crippen molar-refractivity contribution >= 4 is 33.2 Å². The van der Waals surface area contributed by atoms with Crippen LogP contribution in [0.5, 0.6) is 0 Å². The van der Waals surface area contributed by atoms with Crippen molar-refractivity contribution in [1.82, 2.24) is 10.2 Å². The minimum atomic E-state index is -4.12. The summed E-state index contributed by atoms with van der Waals surface area (Å²) in [6, 6.07) is 17.3. The van der Waals surface area contributed by atoms with Gasteiger partial charge in [0.25, 0.3) is 5.69 Å². The van der Waals surface area contributed by atoms with Crippen LogP contribution in [0.4, 0.5) is 15.8 Å². The number of nitrogens with zero attached hydrogens (tertiary/aromatic N) is 3. The van der Waals surface area contributed by atoms with Crippen molar-refractivity contribution in [3.8, 4) is 0 Å². The van der Waals surface area contributed by atoms with Crippen molar-refractivity contribution in [3.63, 3.8) is 0 Å². The van der Waals surface area contributed by atoms with Crippen LogP contribution >= 0.6 is 0 Å². The first-order valence-electron chi connectivity index (χ1n) is 12.5. The maximum Gasteiger partial charge on any atom is 0.271 e. The third-order valence-corrected chi connectivity index (χ3v) is 7.40. The van der Waals surface area contributed by atoms with E-state index in [0.29, 0.717) is 5.56 Å². The molecule has 2 amide bonds. The Kier molecular flexibility index (Phi) is 9.94.